The Morgan fingerprint density at radius 1 is 1.22 bits per heavy atom. The highest BCUT2D eigenvalue weighted by atomic mass is 14.9. The molecule has 0 aliphatic heterocycles. The molecule has 3 aromatic rings. The summed E-state index contributed by atoms with van der Waals surface area (Å²) >= 11 is 0. The molecule has 0 saturated heterocycles. The fraction of sp³-hybridized carbons (Fsp3) is 0.143. The van der Waals surface area contributed by atoms with E-state index in [1.165, 1.54) is 11.1 Å². The maximum Gasteiger partial charge on any atom is 0.138 e. The molecule has 0 aliphatic carbocycles. The predicted molar refractivity (Wildman–Crippen MR) is 73.2 cm³/mol. The number of benzene rings is 1. The lowest BCUT2D eigenvalue weighted by Gasteiger charge is -2.07. The number of fused-ring (bicyclic) bond motifs is 1. The molecule has 0 fully saturated rings. The van der Waals surface area contributed by atoms with Gasteiger partial charge in [-0.1, -0.05) is 0 Å². The second-order valence-corrected chi connectivity index (χ2v) is 4.49. The number of hydrogen-bond donors (Lipinski definition) is 2. The van der Waals surface area contributed by atoms with E-state index < -0.39 is 0 Å². The molecule has 0 amide bonds. The number of imidazole rings is 1. The van der Waals surface area contributed by atoms with E-state index in [-0.39, 0.29) is 0 Å². The normalized spacial score (nSPS) is 11.0. The zero-order valence-electron chi connectivity index (χ0n) is 10.4. The fourth-order valence-electron chi connectivity index (χ4n) is 2.12. The van der Waals surface area contributed by atoms with E-state index in [4.69, 9.17) is 5.73 Å². The van der Waals surface area contributed by atoms with Crippen LogP contribution in [0.4, 0.5) is 5.69 Å². The van der Waals surface area contributed by atoms with Crippen LogP contribution in [0.25, 0.3) is 22.4 Å². The summed E-state index contributed by atoms with van der Waals surface area (Å²) in [5.74, 6) is 0.839. The molecule has 0 radical (unpaired) electrons. The van der Waals surface area contributed by atoms with Crippen molar-refractivity contribution in [2.75, 3.05) is 5.73 Å². The van der Waals surface area contributed by atoms with Crippen molar-refractivity contribution in [1.82, 2.24) is 15.0 Å². The van der Waals surface area contributed by atoms with Crippen molar-refractivity contribution in [2.45, 2.75) is 13.8 Å². The van der Waals surface area contributed by atoms with Crippen LogP contribution in [0, 0.1) is 13.8 Å². The minimum absolute atomic E-state index is 0.756. The van der Waals surface area contributed by atoms with Gasteiger partial charge in [0.2, 0.25) is 0 Å². The van der Waals surface area contributed by atoms with Crippen LogP contribution >= 0.6 is 0 Å². The number of aromatic nitrogens is 3. The lowest BCUT2D eigenvalue weighted by molar-refractivity contribution is 1.27. The number of nitrogens with two attached hydrogens (primary N) is 1. The molecule has 3 rings (SSSR count). The third-order valence-electron chi connectivity index (χ3n) is 3.23. The number of H-pyrrole nitrogens is 1. The van der Waals surface area contributed by atoms with Crippen molar-refractivity contribution in [3.05, 3.63) is 41.7 Å². The van der Waals surface area contributed by atoms with E-state index in [1.54, 1.807) is 12.4 Å². The zero-order chi connectivity index (χ0) is 12.7. The Morgan fingerprint density at radius 3 is 2.83 bits per heavy atom. The van der Waals surface area contributed by atoms with E-state index in [1.807, 2.05) is 18.2 Å². The first-order valence-electron chi connectivity index (χ1n) is 5.82. The van der Waals surface area contributed by atoms with Gasteiger partial charge in [0.15, 0.2) is 0 Å². The molecule has 0 bridgehead atoms. The summed E-state index contributed by atoms with van der Waals surface area (Å²) in [6.45, 7) is 4.13. The lowest BCUT2D eigenvalue weighted by Crippen LogP contribution is -1.93. The molecule has 2 heterocycles. The van der Waals surface area contributed by atoms with Crippen molar-refractivity contribution in [3.63, 3.8) is 0 Å². The van der Waals surface area contributed by atoms with Crippen LogP contribution in [0.15, 0.2) is 30.6 Å². The molecule has 3 N–H and O–H groups in total. The quantitative estimate of drug-likeness (QED) is 0.640. The molecule has 0 spiro atoms. The molecular weight excluding hydrogens is 224 g/mol. The second-order valence-electron chi connectivity index (χ2n) is 4.49. The Labute approximate surface area is 105 Å². The van der Waals surface area contributed by atoms with Crippen LogP contribution in [0.2, 0.25) is 0 Å². The van der Waals surface area contributed by atoms with Gasteiger partial charge in [0.1, 0.15) is 5.82 Å². The van der Waals surface area contributed by atoms with Gasteiger partial charge < -0.3 is 10.7 Å². The maximum absolute atomic E-state index is 5.91. The number of aromatic amines is 1. The van der Waals surface area contributed by atoms with Crippen molar-refractivity contribution in [1.29, 1.82) is 0 Å². The van der Waals surface area contributed by atoms with Crippen molar-refractivity contribution in [3.8, 4) is 11.4 Å². The number of anilines is 1. The number of rotatable bonds is 1. The molecule has 2 aromatic heterocycles. The highest BCUT2D eigenvalue weighted by molar-refractivity contribution is 5.80. The molecule has 0 unspecified atom stereocenters. The van der Waals surface area contributed by atoms with Gasteiger partial charge in [0.05, 0.1) is 17.2 Å². The highest BCUT2D eigenvalue weighted by Gasteiger charge is 2.10. The molecule has 4 nitrogen and oxygen atoms in total. The third-order valence-corrected chi connectivity index (χ3v) is 3.23. The first kappa shape index (κ1) is 10.8. The first-order valence-corrected chi connectivity index (χ1v) is 5.82. The van der Waals surface area contributed by atoms with Crippen molar-refractivity contribution < 1.29 is 0 Å². The molecular formula is C14H14N4. The van der Waals surface area contributed by atoms with Crippen LogP contribution in [-0.2, 0) is 0 Å². The summed E-state index contributed by atoms with van der Waals surface area (Å²) in [4.78, 5) is 11.9. The maximum atomic E-state index is 5.91. The summed E-state index contributed by atoms with van der Waals surface area (Å²) in [5.41, 5.74) is 11.9. The average Bonchev–Trinajstić information content (AvgIpc) is 2.77. The fourth-order valence-corrected chi connectivity index (χ4v) is 2.12. The summed E-state index contributed by atoms with van der Waals surface area (Å²) in [6, 6.07) is 5.82. The monoisotopic (exact) mass is 238 g/mol. The third kappa shape index (κ3) is 1.62. The largest absolute Gasteiger partial charge is 0.399 e. The van der Waals surface area contributed by atoms with Crippen LogP contribution in [0.3, 0.4) is 0 Å². The Bertz CT molecular complexity index is 695. The van der Waals surface area contributed by atoms with Crippen molar-refractivity contribution >= 4 is 16.7 Å². The summed E-state index contributed by atoms with van der Waals surface area (Å²) in [5, 5.41) is 0. The molecule has 1 aromatic carbocycles. The van der Waals surface area contributed by atoms with E-state index in [0.717, 1.165) is 28.1 Å². The van der Waals surface area contributed by atoms with Gasteiger partial charge in [0.25, 0.3) is 0 Å². The van der Waals surface area contributed by atoms with Gasteiger partial charge in [-0.15, -0.1) is 0 Å². The van der Waals surface area contributed by atoms with Crippen molar-refractivity contribution in [2.24, 2.45) is 0 Å². The summed E-state index contributed by atoms with van der Waals surface area (Å²) in [6.07, 6.45) is 3.52. The Kier molecular flexibility index (Phi) is 2.30. The van der Waals surface area contributed by atoms with Crippen LogP contribution in [-0.4, -0.2) is 15.0 Å². The SMILES string of the molecule is Cc1cc(N)cc(-c2nc3ccncc3[nH]2)c1C. The first-order chi connectivity index (χ1) is 8.65. The van der Waals surface area contributed by atoms with Crippen LogP contribution < -0.4 is 5.73 Å². The van der Waals surface area contributed by atoms with Gasteiger partial charge in [-0.2, -0.15) is 0 Å². The number of nitrogen functional groups attached to an aromatic ring is 1. The average molecular weight is 238 g/mol. The Morgan fingerprint density at radius 2 is 2.06 bits per heavy atom. The van der Waals surface area contributed by atoms with Gasteiger partial charge in [-0.25, -0.2) is 4.98 Å². The van der Waals surface area contributed by atoms with Gasteiger partial charge >= 0.3 is 0 Å². The van der Waals surface area contributed by atoms with E-state index in [0.29, 0.717) is 0 Å². The Balaban J connectivity index is 2.26. The predicted octanol–water partition coefficient (Wildman–Crippen LogP) is 2.82. The molecule has 90 valence electrons. The standard InChI is InChI=1S/C14H14N4/c1-8-5-10(15)6-11(9(8)2)14-17-12-3-4-16-7-13(12)18-14/h3-7H,15H2,1-2H3,(H,17,18). The number of aryl methyl sites for hydroxylation is 1. The zero-order valence-corrected chi connectivity index (χ0v) is 10.4. The topological polar surface area (TPSA) is 67.6 Å². The van der Waals surface area contributed by atoms with Gasteiger partial charge in [0, 0.05) is 17.4 Å². The molecule has 0 atom stereocenters. The molecule has 0 saturated carbocycles. The summed E-state index contributed by atoms with van der Waals surface area (Å²) in [7, 11) is 0. The number of nitrogens with one attached hydrogen (secondary N) is 1. The van der Waals surface area contributed by atoms with Gasteiger partial charge in [-0.3, -0.25) is 4.98 Å². The highest BCUT2D eigenvalue weighted by Crippen LogP contribution is 2.27. The summed E-state index contributed by atoms with van der Waals surface area (Å²) < 4.78 is 0. The number of hydrogen-bond acceptors (Lipinski definition) is 3. The smallest absolute Gasteiger partial charge is 0.138 e. The van der Waals surface area contributed by atoms with E-state index >= 15 is 0 Å². The minimum atomic E-state index is 0.756. The van der Waals surface area contributed by atoms with Gasteiger partial charge in [-0.05, 0) is 43.2 Å². The molecule has 18 heavy (non-hydrogen) atoms. The number of pyridine rings is 1. The van der Waals surface area contributed by atoms with E-state index in [9.17, 15) is 0 Å². The van der Waals surface area contributed by atoms with Crippen LogP contribution in [0.1, 0.15) is 11.1 Å². The molecule has 4 heteroatoms. The second kappa shape index (κ2) is 3.84. The lowest BCUT2D eigenvalue weighted by atomic mass is 10.0. The Hall–Kier alpha value is -2.36. The molecule has 0 aliphatic rings. The number of nitrogens with zero attached hydrogens (tertiary/aromatic N) is 2. The van der Waals surface area contributed by atoms with Crippen LogP contribution in [0.5, 0.6) is 0 Å². The van der Waals surface area contributed by atoms with E-state index in [2.05, 4.69) is 28.8 Å². The minimum Gasteiger partial charge on any atom is -0.399 e.